The van der Waals surface area contributed by atoms with E-state index < -0.39 is 0 Å². The van der Waals surface area contributed by atoms with E-state index >= 15 is 0 Å². The van der Waals surface area contributed by atoms with Crippen molar-refractivity contribution < 1.29 is 9.47 Å². The van der Waals surface area contributed by atoms with E-state index in [4.69, 9.17) is 9.47 Å². The van der Waals surface area contributed by atoms with Gasteiger partial charge in [0, 0.05) is 10.5 Å². The molecule has 0 radical (unpaired) electrons. The lowest BCUT2D eigenvalue weighted by Crippen LogP contribution is -2.12. The van der Waals surface area contributed by atoms with Gasteiger partial charge in [-0.3, -0.25) is 0 Å². The van der Waals surface area contributed by atoms with Gasteiger partial charge in [-0.15, -0.1) is 0 Å². The predicted molar refractivity (Wildman–Crippen MR) is 92.4 cm³/mol. The molecule has 5 heteroatoms. The molecule has 0 bridgehead atoms. The molecule has 21 heavy (non-hydrogen) atoms. The first-order valence-corrected chi connectivity index (χ1v) is 8.12. The first-order chi connectivity index (χ1) is 10.0. The van der Waals surface area contributed by atoms with Gasteiger partial charge in [0.05, 0.1) is 11.6 Å². The van der Waals surface area contributed by atoms with Crippen molar-refractivity contribution >= 4 is 31.9 Å². The molecule has 0 saturated carbocycles. The van der Waals surface area contributed by atoms with Crippen molar-refractivity contribution in [2.45, 2.75) is 13.0 Å². The molecule has 2 aromatic carbocycles. The van der Waals surface area contributed by atoms with Crippen LogP contribution in [-0.2, 0) is 0 Å². The minimum absolute atomic E-state index is 0.279. The normalized spacial score (nSPS) is 12.0. The lowest BCUT2D eigenvalue weighted by atomic mass is 10.1. The Morgan fingerprint density at radius 1 is 1.00 bits per heavy atom. The highest BCUT2D eigenvalue weighted by atomic mass is 79.9. The molecule has 0 fully saturated rings. The molecule has 0 spiro atoms. The number of nitrogens with one attached hydrogen (secondary N) is 1. The summed E-state index contributed by atoms with van der Waals surface area (Å²) in [5.41, 5.74) is 1.19. The molecule has 0 aliphatic heterocycles. The first-order valence-electron chi connectivity index (χ1n) is 6.53. The molecule has 0 aliphatic carbocycles. The standard InChI is InChI=1S/C16H17Br2NO2/c1-10(19-2)13-6-4-12(9-14(13)17)21-16-7-5-11(20-3)8-15(16)18/h4-10,19H,1-3H3. The fraction of sp³-hybridized carbons (Fsp3) is 0.250. The van der Waals surface area contributed by atoms with Crippen LogP contribution in [0, 0.1) is 0 Å². The summed E-state index contributed by atoms with van der Waals surface area (Å²) < 4.78 is 13.0. The molecular formula is C16H17Br2NO2. The van der Waals surface area contributed by atoms with Crippen molar-refractivity contribution in [1.29, 1.82) is 0 Å². The smallest absolute Gasteiger partial charge is 0.141 e. The third-order valence-electron chi connectivity index (χ3n) is 3.24. The first kappa shape index (κ1) is 16.3. The summed E-state index contributed by atoms with van der Waals surface area (Å²) in [6.45, 7) is 2.11. The van der Waals surface area contributed by atoms with E-state index in [2.05, 4.69) is 50.2 Å². The van der Waals surface area contributed by atoms with Crippen molar-refractivity contribution in [3.05, 3.63) is 50.9 Å². The zero-order valence-electron chi connectivity index (χ0n) is 12.1. The van der Waals surface area contributed by atoms with E-state index in [0.717, 1.165) is 26.2 Å². The SMILES string of the molecule is CNC(C)c1ccc(Oc2ccc(OC)cc2Br)cc1Br. The number of methoxy groups -OCH3 is 1. The number of halogens is 2. The lowest BCUT2D eigenvalue weighted by molar-refractivity contribution is 0.412. The molecule has 112 valence electrons. The fourth-order valence-corrected chi connectivity index (χ4v) is 3.04. The van der Waals surface area contributed by atoms with Crippen LogP contribution in [0.25, 0.3) is 0 Å². The molecule has 1 N–H and O–H groups in total. The molecule has 0 heterocycles. The van der Waals surface area contributed by atoms with Gasteiger partial charge in [-0.1, -0.05) is 22.0 Å². The Labute approximate surface area is 141 Å². The van der Waals surface area contributed by atoms with Gasteiger partial charge in [-0.05, 0) is 65.8 Å². The Morgan fingerprint density at radius 2 is 1.67 bits per heavy atom. The highest BCUT2D eigenvalue weighted by Crippen LogP contribution is 2.35. The van der Waals surface area contributed by atoms with Crippen LogP contribution in [0.2, 0.25) is 0 Å². The Balaban J connectivity index is 2.22. The van der Waals surface area contributed by atoms with Crippen LogP contribution in [0.1, 0.15) is 18.5 Å². The van der Waals surface area contributed by atoms with Crippen LogP contribution in [0.15, 0.2) is 45.3 Å². The van der Waals surface area contributed by atoms with Gasteiger partial charge in [-0.2, -0.15) is 0 Å². The third kappa shape index (κ3) is 3.99. The van der Waals surface area contributed by atoms with Crippen LogP contribution in [0.3, 0.4) is 0 Å². The maximum atomic E-state index is 5.91. The number of rotatable bonds is 5. The third-order valence-corrected chi connectivity index (χ3v) is 4.54. The maximum Gasteiger partial charge on any atom is 0.141 e. The zero-order valence-corrected chi connectivity index (χ0v) is 15.3. The van der Waals surface area contributed by atoms with E-state index in [1.165, 1.54) is 5.56 Å². The molecule has 3 nitrogen and oxygen atoms in total. The van der Waals surface area contributed by atoms with Crippen LogP contribution in [0.5, 0.6) is 17.2 Å². The molecule has 0 amide bonds. The fourth-order valence-electron chi connectivity index (χ4n) is 1.90. The topological polar surface area (TPSA) is 30.5 Å². The van der Waals surface area contributed by atoms with Gasteiger partial charge in [-0.25, -0.2) is 0 Å². The summed E-state index contributed by atoms with van der Waals surface area (Å²) in [4.78, 5) is 0. The summed E-state index contributed by atoms with van der Waals surface area (Å²) in [5, 5.41) is 3.22. The van der Waals surface area contributed by atoms with Crippen LogP contribution in [0.4, 0.5) is 0 Å². The Kier molecular flexibility index (Phi) is 5.67. The highest BCUT2D eigenvalue weighted by Gasteiger charge is 2.10. The number of benzene rings is 2. The Hall–Kier alpha value is -1.04. The van der Waals surface area contributed by atoms with Crippen LogP contribution in [-0.4, -0.2) is 14.2 Å². The lowest BCUT2D eigenvalue weighted by Gasteiger charge is -2.15. The van der Waals surface area contributed by atoms with Crippen molar-refractivity contribution in [2.75, 3.05) is 14.2 Å². The average molecular weight is 415 g/mol. The van der Waals surface area contributed by atoms with Gasteiger partial charge < -0.3 is 14.8 Å². The second-order valence-electron chi connectivity index (χ2n) is 4.59. The molecule has 1 atom stereocenters. The van der Waals surface area contributed by atoms with Gasteiger partial charge in [0.2, 0.25) is 0 Å². The monoisotopic (exact) mass is 413 g/mol. The highest BCUT2D eigenvalue weighted by molar-refractivity contribution is 9.10. The van der Waals surface area contributed by atoms with Crippen molar-refractivity contribution in [1.82, 2.24) is 5.32 Å². The molecule has 0 saturated heterocycles. The summed E-state index contributed by atoms with van der Waals surface area (Å²) in [6.07, 6.45) is 0. The molecule has 0 aromatic heterocycles. The average Bonchev–Trinajstić information content (AvgIpc) is 2.48. The molecule has 2 rings (SSSR count). The summed E-state index contributed by atoms with van der Waals surface area (Å²) >= 11 is 7.08. The quantitative estimate of drug-likeness (QED) is 0.720. The Bertz CT molecular complexity index is 632. The second-order valence-corrected chi connectivity index (χ2v) is 6.30. The number of hydrogen-bond donors (Lipinski definition) is 1. The van der Waals surface area contributed by atoms with E-state index in [9.17, 15) is 0 Å². The largest absolute Gasteiger partial charge is 0.497 e. The van der Waals surface area contributed by atoms with Crippen molar-refractivity contribution in [2.24, 2.45) is 0 Å². The van der Waals surface area contributed by atoms with E-state index in [1.807, 2.05) is 37.4 Å². The number of ether oxygens (including phenoxy) is 2. The molecule has 2 aromatic rings. The van der Waals surface area contributed by atoms with Gasteiger partial charge in [0.1, 0.15) is 17.2 Å². The Morgan fingerprint density at radius 3 is 2.24 bits per heavy atom. The number of hydrogen-bond acceptors (Lipinski definition) is 3. The van der Waals surface area contributed by atoms with E-state index in [0.29, 0.717) is 0 Å². The van der Waals surface area contributed by atoms with Gasteiger partial charge >= 0.3 is 0 Å². The maximum absolute atomic E-state index is 5.91. The summed E-state index contributed by atoms with van der Waals surface area (Å²) in [6, 6.07) is 11.9. The summed E-state index contributed by atoms with van der Waals surface area (Å²) in [7, 11) is 3.58. The minimum Gasteiger partial charge on any atom is -0.497 e. The van der Waals surface area contributed by atoms with Crippen molar-refractivity contribution in [3.8, 4) is 17.2 Å². The zero-order chi connectivity index (χ0) is 15.4. The van der Waals surface area contributed by atoms with E-state index in [1.54, 1.807) is 7.11 Å². The van der Waals surface area contributed by atoms with Crippen LogP contribution >= 0.6 is 31.9 Å². The van der Waals surface area contributed by atoms with Crippen molar-refractivity contribution in [3.63, 3.8) is 0 Å². The second kappa shape index (κ2) is 7.29. The van der Waals surface area contributed by atoms with Crippen LogP contribution < -0.4 is 14.8 Å². The predicted octanol–water partition coefficient (Wildman–Crippen LogP) is 5.29. The van der Waals surface area contributed by atoms with Gasteiger partial charge in [0.15, 0.2) is 0 Å². The summed E-state index contributed by atoms with van der Waals surface area (Å²) in [5.74, 6) is 2.31. The minimum atomic E-state index is 0.279. The molecule has 1 unspecified atom stereocenters. The molecular weight excluding hydrogens is 398 g/mol. The van der Waals surface area contributed by atoms with Gasteiger partial charge in [0.25, 0.3) is 0 Å². The van der Waals surface area contributed by atoms with E-state index in [-0.39, 0.29) is 6.04 Å². The molecule has 0 aliphatic rings.